The molecule has 0 saturated carbocycles. The van der Waals surface area contributed by atoms with Gasteiger partial charge in [-0.25, -0.2) is 9.59 Å². The summed E-state index contributed by atoms with van der Waals surface area (Å²) in [6, 6.07) is 13.0. The minimum atomic E-state index is -0.763. The van der Waals surface area contributed by atoms with Crippen molar-refractivity contribution in [3.05, 3.63) is 54.0 Å². The van der Waals surface area contributed by atoms with Crippen molar-refractivity contribution in [3.8, 4) is 23.7 Å². The molecule has 1 aliphatic rings. The van der Waals surface area contributed by atoms with E-state index in [2.05, 4.69) is 45.1 Å². The Hall–Kier alpha value is -4.54. The number of carbonyl (C=O) groups is 2. The van der Waals surface area contributed by atoms with Gasteiger partial charge in [-0.3, -0.25) is 9.88 Å². The number of hydrogen-bond acceptors (Lipinski definition) is 7. The van der Waals surface area contributed by atoms with Crippen LogP contribution >= 0.6 is 0 Å². The standard InChI is InChI=1S/C32H38N6O4/c1-31(2,3)42-30(40)38(24-12-13-28(34-20-24)32(4,5)21-33)16-8-9-23-19-25-26(35-23)10-7-11-27(25)41-29(39)36-22-14-17-37(6)18-15-22/h7,10-13,19-20,22,35H,14-18H2,1-6H3,(H,36,39). The second-order valence-corrected chi connectivity index (χ2v) is 12.0. The highest BCUT2D eigenvalue weighted by atomic mass is 16.6. The number of ether oxygens (including phenoxy) is 2. The highest BCUT2D eigenvalue weighted by molar-refractivity contribution is 5.90. The molecule has 0 spiro atoms. The molecule has 3 aromatic rings. The lowest BCUT2D eigenvalue weighted by Gasteiger charge is -2.29. The first kappa shape index (κ1) is 30.4. The van der Waals surface area contributed by atoms with E-state index in [1.807, 2.05) is 18.2 Å². The van der Waals surface area contributed by atoms with Crippen LogP contribution in [-0.2, 0) is 10.2 Å². The number of H-pyrrole nitrogens is 1. The van der Waals surface area contributed by atoms with Crippen molar-refractivity contribution in [2.75, 3.05) is 31.6 Å². The summed E-state index contributed by atoms with van der Waals surface area (Å²) in [6.07, 6.45) is 2.28. The highest BCUT2D eigenvalue weighted by Crippen LogP contribution is 2.27. The van der Waals surface area contributed by atoms with Crippen molar-refractivity contribution in [3.63, 3.8) is 0 Å². The molecular weight excluding hydrogens is 532 g/mol. The average Bonchev–Trinajstić information content (AvgIpc) is 3.35. The van der Waals surface area contributed by atoms with Gasteiger partial charge in [0.2, 0.25) is 0 Å². The number of fused-ring (bicyclic) bond motifs is 1. The lowest BCUT2D eigenvalue weighted by molar-refractivity contribution is 0.0585. The molecule has 220 valence electrons. The normalized spacial score (nSPS) is 14.4. The van der Waals surface area contributed by atoms with Gasteiger partial charge in [0, 0.05) is 11.4 Å². The fourth-order valence-corrected chi connectivity index (χ4v) is 4.50. The Labute approximate surface area is 247 Å². The number of pyridine rings is 1. The Kier molecular flexibility index (Phi) is 9.08. The van der Waals surface area contributed by atoms with Crippen LogP contribution < -0.4 is 15.0 Å². The van der Waals surface area contributed by atoms with Crippen LogP contribution in [0.5, 0.6) is 5.75 Å². The maximum absolute atomic E-state index is 13.1. The smallest absolute Gasteiger partial charge is 0.415 e. The van der Waals surface area contributed by atoms with Gasteiger partial charge in [0.1, 0.15) is 11.4 Å². The molecule has 2 N–H and O–H groups in total. The second-order valence-electron chi connectivity index (χ2n) is 12.0. The number of likely N-dealkylation sites (tertiary alicyclic amines) is 1. The average molecular weight is 571 g/mol. The molecule has 0 atom stereocenters. The van der Waals surface area contributed by atoms with Crippen LogP contribution in [-0.4, -0.2) is 65.4 Å². The molecule has 1 aliphatic heterocycles. The summed E-state index contributed by atoms with van der Waals surface area (Å²) in [5.41, 5.74) is 1.00. The molecule has 4 rings (SSSR count). The maximum atomic E-state index is 13.1. The third kappa shape index (κ3) is 7.80. The summed E-state index contributed by atoms with van der Waals surface area (Å²) >= 11 is 0. The number of anilines is 1. The number of benzene rings is 1. The first-order chi connectivity index (χ1) is 19.8. The van der Waals surface area contributed by atoms with Crippen LogP contribution in [0.2, 0.25) is 0 Å². The zero-order chi connectivity index (χ0) is 30.5. The number of aromatic amines is 1. The predicted octanol–water partition coefficient (Wildman–Crippen LogP) is 5.34. The minimum Gasteiger partial charge on any atom is -0.443 e. The van der Waals surface area contributed by atoms with Crippen molar-refractivity contribution in [1.82, 2.24) is 20.2 Å². The van der Waals surface area contributed by atoms with E-state index in [0.29, 0.717) is 22.8 Å². The lowest BCUT2D eigenvalue weighted by Crippen LogP contribution is -2.44. The van der Waals surface area contributed by atoms with Gasteiger partial charge in [0.15, 0.2) is 0 Å². The number of carbonyl (C=O) groups excluding carboxylic acids is 2. The van der Waals surface area contributed by atoms with Gasteiger partial charge in [-0.2, -0.15) is 5.26 Å². The van der Waals surface area contributed by atoms with E-state index in [0.717, 1.165) is 36.8 Å². The van der Waals surface area contributed by atoms with E-state index >= 15 is 0 Å². The zero-order valence-corrected chi connectivity index (χ0v) is 25.1. The van der Waals surface area contributed by atoms with E-state index in [1.54, 1.807) is 59.0 Å². The number of nitrogens with zero attached hydrogens (tertiary/aromatic N) is 4. The monoisotopic (exact) mass is 570 g/mol. The van der Waals surface area contributed by atoms with Crippen molar-refractivity contribution < 1.29 is 19.1 Å². The fourth-order valence-electron chi connectivity index (χ4n) is 4.50. The SMILES string of the molecule is CN1CCC(NC(=O)Oc2cccc3[nH]c(C#CCN(C(=O)OC(C)(C)C)c4ccc(C(C)(C)C#N)nc4)cc23)CC1. The van der Waals surface area contributed by atoms with Crippen LogP contribution in [0.4, 0.5) is 15.3 Å². The number of aromatic nitrogens is 2. The summed E-state index contributed by atoms with van der Waals surface area (Å²) in [7, 11) is 2.07. The molecule has 0 bridgehead atoms. The Morgan fingerprint density at radius 3 is 2.55 bits per heavy atom. The van der Waals surface area contributed by atoms with E-state index in [4.69, 9.17) is 9.47 Å². The summed E-state index contributed by atoms with van der Waals surface area (Å²) in [5.74, 6) is 6.54. The molecule has 10 heteroatoms. The molecule has 0 radical (unpaired) electrons. The Morgan fingerprint density at radius 1 is 1.17 bits per heavy atom. The van der Waals surface area contributed by atoms with Gasteiger partial charge in [-0.15, -0.1) is 0 Å². The molecule has 2 aromatic heterocycles. The van der Waals surface area contributed by atoms with E-state index in [9.17, 15) is 14.9 Å². The number of rotatable bonds is 5. The van der Waals surface area contributed by atoms with Gasteiger partial charge in [0.05, 0.1) is 46.8 Å². The van der Waals surface area contributed by atoms with Gasteiger partial charge >= 0.3 is 12.2 Å². The van der Waals surface area contributed by atoms with Crippen molar-refractivity contribution >= 4 is 28.8 Å². The first-order valence-electron chi connectivity index (χ1n) is 14.0. The molecule has 42 heavy (non-hydrogen) atoms. The number of hydrogen-bond donors (Lipinski definition) is 2. The first-order valence-corrected chi connectivity index (χ1v) is 14.0. The van der Waals surface area contributed by atoms with Crippen LogP contribution in [0.3, 0.4) is 0 Å². The van der Waals surface area contributed by atoms with E-state index in [1.165, 1.54) is 4.90 Å². The van der Waals surface area contributed by atoms with Crippen molar-refractivity contribution in [1.29, 1.82) is 5.26 Å². The number of nitriles is 1. The molecule has 2 amide bonds. The van der Waals surface area contributed by atoms with E-state index < -0.39 is 23.2 Å². The summed E-state index contributed by atoms with van der Waals surface area (Å²) in [6.45, 7) is 10.9. The number of amides is 2. The third-order valence-electron chi connectivity index (χ3n) is 6.92. The molecule has 0 aliphatic carbocycles. The van der Waals surface area contributed by atoms with Crippen LogP contribution in [0, 0.1) is 23.2 Å². The molecule has 3 heterocycles. The predicted molar refractivity (Wildman–Crippen MR) is 161 cm³/mol. The van der Waals surface area contributed by atoms with Gasteiger partial charge in [-0.05, 0) is 104 Å². The molecule has 1 aromatic carbocycles. The Bertz CT molecular complexity index is 1530. The summed E-state index contributed by atoms with van der Waals surface area (Å²) in [5, 5.41) is 13.1. The highest BCUT2D eigenvalue weighted by Gasteiger charge is 2.25. The maximum Gasteiger partial charge on any atom is 0.415 e. The number of nitrogens with one attached hydrogen (secondary N) is 2. The van der Waals surface area contributed by atoms with Crippen LogP contribution in [0.1, 0.15) is 58.8 Å². The third-order valence-corrected chi connectivity index (χ3v) is 6.92. The summed E-state index contributed by atoms with van der Waals surface area (Å²) < 4.78 is 11.3. The van der Waals surface area contributed by atoms with Gasteiger partial charge < -0.3 is 24.7 Å². The number of piperidine rings is 1. The zero-order valence-electron chi connectivity index (χ0n) is 25.1. The van der Waals surface area contributed by atoms with Crippen molar-refractivity contribution in [2.24, 2.45) is 0 Å². The lowest BCUT2D eigenvalue weighted by atomic mass is 9.91. The molecule has 10 nitrogen and oxygen atoms in total. The molecule has 1 saturated heterocycles. The second kappa shape index (κ2) is 12.5. The largest absolute Gasteiger partial charge is 0.443 e. The fraction of sp³-hybridized carbons (Fsp3) is 0.438. The Balaban J connectivity index is 1.51. The summed E-state index contributed by atoms with van der Waals surface area (Å²) in [4.78, 5) is 37.0. The Morgan fingerprint density at radius 2 is 1.90 bits per heavy atom. The van der Waals surface area contributed by atoms with Crippen LogP contribution in [0.25, 0.3) is 10.9 Å². The topological polar surface area (TPSA) is 124 Å². The molecule has 0 unspecified atom stereocenters. The quantitative estimate of drug-likeness (QED) is 0.397. The van der Waals surface area contributed by atoms with Gasteiger partial charge in [-0.1, -0.05) is 12.0 Å². The minimum absolute atomic E-state index is 0.0370. The molecule has 1 fully saturated rings. The van der Waals surface area contributed by atoms with Gasteiger partial charge in [0.25, 0.3) is 0 Å². The van der Waals surface area contributed by atoms with E-state index in [-0.39, 0.29) is 12.6 Å². The van der Waals surface area contributed by atoms with Crippen molar-refractivity contribution in [2.45, 2.75) is 64.5 Å². The van der Waals surface area contributed by atoms with Crippen LogP contribution in [0.15, 0.2) is 42.6 Å². The molecular formula is C32H38N6O4.